The lowest BCUT2D eigenvalue weighted by molar-refractivity contribution is 0.660. The van der Waals surface area contributed by atoms with E-state index >= 15 is 0 Å². The lowest BCUT2D eigenvalue weighted by atomic mass is 9.77. The Morgan fingerprint density at radius 1 is 0.296 bits per heavy atom. The fourth-order valence-electron chi connectivity index (χ4n) is 10.4. The van der Waals surface area contributed by atoms with E-state index in [1.807, 2.05) is 0 Å². The molecule has 0 bridgehead atoms. The van der Waals surface area contributed by atoms with E-state index in [0.717, 1.165) is 0 Å². The van der Waals surface area contributed by atoms with Gasteiger partial charge in [-0.15, -0.1) is 0 Å². The molecule has 0 aromatic heterocycles. The molecular formula is C54H40. The summed E-state index contributed by atoms with van der Waals surface area (Å²) in [6.07, 6.45) is 0. The average Bonchev–Trinajstić information content (AvgIpc) is 3.59. The van der Waals surface area contributed by atoms with E-state index in [4.69, 9.17) is 0 Å². The van der Waals surface area contributed by atoms with E-state index in [1.54, 1.807) is 0 Å². The maximum absolute atomic E-state index is 2.47. The second-order valence-corrected chi connectivity index (χ2v) is 16.4. The first-order valence-electron chi connectivity index (χ1n) is 19.3. The molecule has 0 nitrogen and oxygen atoms in total. The standard InChI is InChI=1S/C54H40/c1-53(2)47-26-12-11-19-39(47)40-29-28-36(32-48(40)53)50-43-22-9-7-20-41(43)49(42-21-8-10-23-44(42)50)35-17-13-16-34(31-35)38-24-14-25-45-46-30-27-33-15-5-6-18-37(33)51(46)54(3,4)52(38)45/h5-32H,1-4H3. The molecule has 0 heteroatoms. The molecule has 0 fully saturated rings. The summed E-state index contributed by atoms with van der Waals surface area (Å²) in [6.45, 7) is 9.57. The number of rotatable bonds is 3. The van der Waals surface area contributed by atoms with Gasteiger partial charge >= 0.3 is 0 Å². The van der Waals surface area contributed by atoms with Crippen LogP contribution in [0.2, 0.25) is 0 Å². The molecule has 0 amide bonds. The first kappa shape index (κ1) is 31.3. The number of benzene rings is 9. The van der Waals surface area contributed by atoms with Crippen LogP contribution < -0.4 is 0 Å². The number of hydrogen-bond donors (Lipinski definition) is 0. The molecule has 0 atom stereocenters. The first-order chi connectivity index (χ1) is 26.3. The van der Waals surface area contributed by atoms with Crippen molar-refractivity contribution >= 4 is 32.3 Å². The van der Waals surface area contributed by atoms with Crippen LogP contribution in [0, 0.1) is 0 Å². The molecule has 0 radical (unpaired) electrons. The first-order valence-corrected chi connectivity index (χ1v) is 19.3. The molecule has 0 heterocycles. The molecule has 0 N–H and O–H groups in total. The fraction of sp³-hybridized carbons (Fsp3) is 0.111. The van der Waals surface area contributed by atoms with E-state index in [9.17, 15) is 0 Å². The topological polar surface area (TPSA) is 0 Å². The van der Waals surface area contributed by atoms with Crippen LogP contribution in [0.25, 0.3) is 88.0 Å². The highest BCUT2D eigenvalue weighted by Gasteiger charge is 2.39. The molecule has 9 aromatic rings. The molecule has 256 valence electrons. The summed E-state index contributed by atoms with van der Waals surface area (Å²) in [5.74, 6) is 0. The van der Waals surface area contributed by atoms with Crippen LogP contribution >= 0.6 is 0 Å². The van der Waals surface area contributed by atoms with Crippen molar-refractivity contribution in [3.05, 3.63) is 192 Å². The summed E-state index contributed by atoms with van der Waals surface area (Å²) >= 11 is 0. The van der Waals surface area contributed by atoms with Crippen LogP contribution in [0.4, 0.5) is 0 Å². The molecule has 11 rings (SSSR count). The minimum absolute atomic E-state index is 0.0609. The largest absolute Gasteiger partial charge is 0.0619 e. The molecule has 0 unspecified atom stereocenters. The van der Waals surface area contributed by atoms with Gasteiger partial charge in [0.25, 0.3) is 0 Å². The molecule has 54 heavy (non-hydrogen) atoms. The Labute approximate surface area is 317 Å². The monoisotopic (exact) mass is 688 g/mol. The highest BCUT2D eigenvalue weighted by Crippen LogP contribution is 2.55. The van der Waals surface area contributed by atoms with Gasteiger partial charge in [-0.05, 0) is 122 Å². The van der Waals surface area contributed by atoms with Gasteiger partial charge in [0.2, 0.25) is 0 Å². The van der Waals surface area contributed by atoms with Gasteiger partial charge in [0.15, 0.2) is 0 Å². The molecule has 0 spiro atoms. The summed E-state index contributed by atoms with van der Waals surface area (Å²) in [5, 5.41) is 7.79. The predicted octanol–water partition coefficient (Wildman–Crippen LogP) is 14.8. The van der Waals surface area contributed by atoms with Crippen molar-refractivity contribution in [3.8, 4) is 55.6 Å². The van der Waals surface area contributed by atoms with Gasteiger partial charge < -0.3 is 0 Å². The van der Waals surface area contributed by atoms with E-state index in [0.29, 0.717) is 0 Å². The fourth-order valence-corrected chi connectivity index (χ4v) is 10.4. The molecule has 9 aromatic carbocycles. The third-order valence-corrected chi connectivity index (χ3v) is 12.8. The van der Waals surface area contributed by atoms with E-state index in [1.165, 1.54) is 110 Å². The Hall–Kier alpha value is -6.24. The Balaban J connectivity index is 1.11. The van der Waals surface area contributed by atoms with Crippen LogP contribution in [0.3, 0.4) is 0 Å². The predicted molar refractivity (Wildman–Crippen MR) is 230 cm³/mol. The van der Waals surface area contributed by atoms with Crippen LogP contribution in [-0.4, -0.2) is 0 Å². The summed E-state index contributed by atoms with van der Waals surface area (Å²) in [5.41, 5.74) is 18.6. The van der Waals surface area contributed by atoms with Crippen LogP contribution in [0.5, 0.6) is 0 Å². The third-order valence-electron chi connectivity index (χ3n) is 12.8. The summed E-state index contributed by atoms with van der Waals surface area (Å²) in [6, 6.07) is 63.9. The van der Waals surface area contributed by atoms with Crippen molar-refractivity contribution < 1.29 is 0 Å². The van der Waals surface area contributed by atoms with Crippen LogP contribution in [-0.2, 0) is 10.8 Å². The van der Waals surface area contributed by atoms with E-state index in [2.05, 4.69) is 198 Å². The number of hydrogen-bond acceptors (Lipinski definition) is 0. The average molecular weight is 689 g/mol. The van der Waals surface area contributed by atoms with Crippen molar-refractivity contribution in [2.75, 3.05) is 0 Å². The summed E-state index contributed by atoms with van der Waals surface area (Å²) < 4.78 is 0. The highest BCUT2D eigenvalue weighted by atomic mass is 14.4. The summed E-state index contributed by atoms with van der Waals surface area (Å²) in [7, 11) is 0. The molecule has 0 saturated heterocycles. The third kappa shape index (κ3) is 4.20. The van der Waals surface area contributed by atoms with Crippen molar-refractivity contribution in [1.82, 2.24) is 0 Å². The molecule has 2 aliphatic rings. The minimum atomic E-state index is -0.148. The van der Waals surface area contributed by atoms with Crippen molar-refractivity contribution in [3.63, 3.8) is 0 Å². The van der Waals surface area contributed by atoms with Gasteiger partial charge in [-0.1, -0.05) is 185 Å². The van der Waals surface area contributed by atoms with Crippen LogP contribution in [0.15, 0.2) is 170 Å². The zero-order chi connectivity index (χ0) is 36.3. The Kier molecular flexibility index (Phi) is 6.46. The van der Waals surface area contributed by atoms with Crippen molar-refractivity contribution in [1.29, 1.82) is 0 Å². The second-order valence-electron chi connectivity index (χ2n) is 16.4. The second kappa shape index (κ2) is 11.1. The Morgan fingerprint density at radius 2 is 0.796 bits per heavy atom. The smallest absolute Gasteiger partial charge is 0.0171 e. The molecular weight excluding hydrogens is 649 g/mol. The van der Waals surface area contributed by atoms with E-state index < -0.39 is 0 Å². The van der Waals surface area contributed by atoms with Crippen LogP contribution in [0.1, 0.15) is 49.9 Å². The van der Waals surface area contributed by atoms with Gasteiger partial charge in [-0.3, -0.25) is 0 Å². The molecule has 0 aliphatic heterocycles. The Morgan fingerprint density at radius 3 is 1.52 bits per heavy atom. The lowest BCUT2D eigenvalue weighted by Crippen LogP contribution is -2.16. The Bertz CT molecular complexity index is 2990. The van der Waals surface area contributed by atoms with E-state index in [-0.39, 0.29) is 10.8 Å². The molecule has 2 aliphatic carbocycles. The zero-order valence-electron chi connectivity index (χ0n) is 31.2. The molecule has 0 saturated carbocycles. The SMILES string of the molecule is CC1(C)c2ccccc2-c2ccc(-c3c4ccccc4c(-c4cccc(-c5cccc6c5C(C)(C)c5c-6ccc6ccccc56)c4)c4ccccc34)cc21. The zero-order valence-corrected chi connectivity index (χ0v) is 31.2. The van der Waals surface area contributed by atoms with Crippen molar-refractivity contribution in [2.24, 2.45) is 0 Å². The minimum Gasteiger partial charge on any atom is -0.0619 e. The maximum Gasteiger partial charge on any atom is 0.0171 e. The van der Waals surface area contributed by atoms with Gasteiger partial charge in [0.1, 0.15) is 0 Å². The number of fused-ring (bicyclic) bond motifs is 10. The van der Waals surface area contributed by atoms with Gasteiger partial charge in [-0.2, -0.15) is 0 Å². The summed E-state index contributed by atoms with van der Waals surface area (Å²) in [4.78, 5) is 0. The quantitative estimate of drug-likeness (QED) is 0.162. The van der Waals surface area contributed by atoms with Gasteiger partial charge in [0.05, 0.1) is 0 Å². The highest BCUT2D eigenvalue weighted by molar-refractivity contribution is 6.21. The van der Waals surface area contributed by atoms with Crippen molar-refractivity contribution in [2.45, 2.75) is 38.5 Å². The maximum atomic E-state index is 2.47. The van der Waals surface area contributed by atoms with Gasteiger partial charge in [0, 0.05) is 10.8 Å². The van der Waals surface area contributed by atoms with Gasteiger partial charge in [-0.25, -0.2) is 0 Å². The normalized spacial score (nSPS) is 14.6. The lowest BCUT2D eigenvalue weighted by Gasteiger charge is -2.26.